The molecule has 3 nitrogen and oxygen atoms in total. The summed E-state index contributed by atoms with van der Waals surface area (Å²) in [6.45, 7) is 0. The van der Waals surface area contributed by atoms with Crippen molar-refractivity contribution in [1.29, 1.82) is 0 Å². The number of carboxylic acid groups (broad SMARTS) is 1. The summed E-state index contributed by atoms with van der Waals surface area (Å²) in [6, 6.07) is 6.11. The Morgan fingerprint density at radius 1 is 1.05 bits per heavy atom. The number of benzene rings is 2. The van der Waals surface area contributed by atoms with Crippen molar-refractivity contribution in [2.75, 3.05) is 0 Å². The van der Waals surface area contributed by atoms with Gasteiger partial charge in [0.05, 0.1) is 11.1 Å². The monoisotopic (exact) mass is 282 g/mol. The van der Waals surface area contributed by atoms with Crippen LogP contribution in [0.2, 0.25) is 0 Å². The average molecular weight is 282 g/mol. The molecule has 0 heterocycles. The van der Waals surface area contributed by atoms with Gasteiger partial charge in [0.2, 0.25) is 0 Å². The van der Waals surface area contributed by atoms with Crippen LogP contribution in [-0.4, -0.2) is 16.2 Å². The maximum atomic E-state index is 13.6. The lowest BCUT2D eigenvalue weighted by molar-refractivity contribution is 0.0691. The Balaban J connectivity index is 2.58. The summed E-state index contributed by atoms with van der Waals surface area (Å²) in [4.78, 5) is 11.0. The van der Waals surface area contributed by atoms with E-state index in [4.69, 9.17) is 5.11 Å². The molecule has 1 unspecified atom stereocenters. The van der Waals surface area contributed by atoms with Gasteiger partial charge in [0.1, 0.15) is 23.6 Å². The van der Waals surface area contributed by atoms with Gasteiger partial charge in [0, 0.05) is 12.1 Å². The molecule has 1 atom stereocenters. The van der Waals surface area contributed by atoms with Crippen molar-refractivity contribution in [3.8, 4) is 0 Å². The largest absolute Gasteiger partial charge is 0.478 e. The van der Waals surface area contributed by atoms with Crippen molar-refractivity contribution in [1.82, 2.24) is 0 Å². The van der Waals surface area contributed by atoms with Crippen LogP contribution in [0.1, 0.15) is 27.6 Å². The lowest BCUT2D eigenvalue weighted by Crippen LogP contribution is -2.11. The van der Waals surface area contributed by atoms with Gasteiger partial charge in [-0.05, 0) is 11.6 Å². The molecule has 0 saturated heterocycles. The first-order chi connectivity index (χ1) is 9.41. The van der Waals surface area contributed by atoms with Crippen molar-refractivity contribution in [3.63, 3.8) is 0 Å². The Morgan fingerprint density at radius 3 is 2.15 bits per heavy atom. The molecule has 2 N–H and O–H groups in total. The minimum absolute atomic E-state index is 0.176. The predicted molar refractivity (Wildman–Crippen MR) is 63.8 cm³/mol. The lowest BCUT2D eigenvalue weighted by atomic mass is 9.96. The van der Waals surface area contributed by atoms with Gasteiger partial charge in [-0.2, -0.15) is 0 Å². The minimum Gasteiger partial charge on any atom is -0.478 e. The summed E-state index contributed by atoms with van der Waals surface area (Å²) in [5, 5.41) is 19.0. The normalized spacial score (nSPS) is 12.2. The van der Waals surface area contributed by atoms with Crippen molar-refractivity contribution < 1.29 is 28.2 Å². The van der Waals surface area contributed by atoms with Crippen LogP contribution in [0, 0.1) is 17.5 Å². The molecule has 20 heavy (non-hydrogen) atoms. The second-order valence-corrected chi connectivity index (χ2v) is 4.08. The third-order valence-electron chi connectivity index (χ3n) is 2.80. The third kappa shape index (κ3) is 2.50. The molecular formula is C14H9F3O3. The van der Waals surface area contributed by atoms with Crippen LogP contribution < -0.4 is 0 Å². The van der Waals surface area contributed by atoms with Crippen LogP contribution in [0.4, 0.5) is 13.2 Å². The fourth-order valence-electron chi connectivity index (χ4n) is 1.90. The molecule has 2 aromatic carbocycles. The number of hydrogen-bond acceptors (Lipinski definition) is 2. The summed E-state index contributed by atoms with van der Waals surface area (Å²) in [5.74, 6) is -5.03. The molecule has 0 aliphatic rings. The number of halogens is 3. The number of aromatic carboxylic acids is 1. The van der Waals surface area contributed by atoms with E-state index in [0.717, 1.165) is 0 Å². The molecule has 0 bridgehead atoms. The van der Waals surface area contributed by atoms with E-state index in [1.165, 1.54) is 24.3 Å². The second kappa shape index (κ2) is 5.34. The van der Waals surface area contributed by atoms with Gasteiger partial charge >= 0.3 is 5.97 Å². The van der Waals surface area contributed by atoms with Crippen molar-refractivity contribution >= 4 is 5.97 Å². The van der Waals surface area contributed by atoms with E-state index >= 15 is 0 Å². The number of hydrogen-bond donors (Lipinski definition) is 2. The maximum Gasteiger partial charge on any atom is 0.336 e. The van der Waals surface area contributed by atoms with Gasteiger partial charge in [-0.15, -0.1) is 0 Å². The molecule has 0 amide bonds. The van der Waals surface area contributed by atoms with Gasteiger partial charge in [0.15, 0.2) is 0 Å². The van der Waals surface area contributed by atoms with E-state index in [0.29, 0.717) is 12.1 Å². The highest BCUT2D eigenvalue weighted by Gasteiger charge is 2.24. The van der Waals surface area contributed by atoms with Gasteiger partial charge in [0.25, 0.3) is 0 Å². The molecule has 6 heteroatoms. The zero-order valence-electron chi connectivity index (χ0n) is 9.98. The van der Waals surface area contributed by atoms with Gasteiger partial charge < -0.3 is 10.2 Å². The highest BCUT2D eigenvalue weighted by molar-refractivity contribution is 5.89. The molecule has 0 aromatic heterocycles. The minimum atomic E-state index is -1.84. The zero-order valence-corrected chi connectivity index (χ0v) is 9.98. The molecule has 0 aliphatic carbocycles. The molecular weight excluding hydrogens is 273 g/mol. The Hall–Kier alpha value is -2.34. The Kier molecular flexibility index (Phi) is 3.76. The summed E-state index contributed by atoms with van der Waals surface area (Å²) >= 11 is 0. The SMILES string of the molecule is O=C(O)c1ccccc1C(O)c1c(F)cc(F)cc1F. The first-order valence-electron chi connectivity index (χ1n) is 5.56. The van der Waals surface area contributed by atoms with Crippen LogP contribution in [0.15, 0.2) is 36.4 Å². The highest BCUT2D eigenvalue weighted by Crippen LogP contribution is 2.29. The van der Waals surface area contributed by atoms with E-state index in [9.17, 15) is 23.1 Å². The molecule has 0 fully saturated rings. The molecule has 0 saturated carbocycles. The quantitative estimate of drug-likeness (QED) is 0.910. The van der Waals surface area contributed by atoms with Crippen LogP contribution in [-0.2, 0) is 0 Å². The lowest BCUT2D eigenvalue weighted by Gasteiger charge is -2.15. The van der Waals surface area contributed by atoms with E-state index in [1.807, 2.05) is 0 Å². The van der Waals surface area contributed by atoms with Crippen molar-refractivity contribution in [2.45, 2.75) is 6.10 Å². The van der Waals surface area contributed by atoms with Gasteiger partial charge in [-0.1, -0.05) is 18.2 Å². The number of rotatable bonds is 3. The molecule has 0 spiro atoms. The fraction of sp³-hybridized carbons (Fsp3) is 0.0714. The van der Waals surface area contributed by atoms with E-state index in [1.54, 1.807) is 0 Å². The van der Waals surface area contributed by atoms with E-state index in [2.05, 4.69) is 0 Å². The molecule has 104 valence electrons. The first-order valence-corrected chi connectivity index (χ1v) is 5.56. The standard InChI is InChI=1S/C14H9F3O3/c15-7-5-10(16)12(11(17)6-7)13(18)8-3-1-2-4-9(8)14(19)20/h1-6,13,18H,(H,19,20). The van der Waals surface area contributed by atoms with Crippen molar-refractivity contribution in [3.05, 3.63) is 70.5 Å². The summed E-state index contributed by atoms with van der Waals surface area (Å²) in [6.07, 6.45) is -1.84. The van der Waals surface area contributed by atoms with Crippen LogP contribution in [0.3, 0.4) is 0 Å². The molecule has 0 radical (unpaired) electrons. The molecule has 2 aromatic rings. The number of aliphatic hydroxyl groups is 1. The zero-order chi connectivity index (χ0) is 14.9. The Labute approximate surface area is 111 Å². The predicted octanol–water partition coefficient (Wildman–Crippen LogP) is 2.88. The van der Waals surface area contributed by atoms with Crippen LogP contribution >= 0.6 is 0 Å². The van der Waals surface area contributed by atoms with E-state index in [-0.39, 0.29) is 11.1 Å². The third-order valence-corrected chi connectivity index (χ3v) is 2.80. The average Bonchev–Trinajstić information content (AvgIpc) is 2.37. The van der Waals surface area contributed by atoms with Crippen LogP contribution in [0.25, 0.3) is 0 Å². The van der Waals surface area contributed by atoms with Gasteiger partial charge in [-0.3, -0.25) is 0 Å². The number of aliphatic hydroxyl groups excluding tert-OH is 1. The van der Waals surface area contributed by atoms with Gasteiger partial charge in [-0.25, -0.2) is 18.0 Å². The van der Waals surface area contributed by atoms with Crippen LogP contribution in [0.5, 0.6) is 0 Å². The number of carbonyl (C=O) groups is 1. The fourth-order valence-corrected chi connectivity index (χ4v) is 1.90. The maximum absolute atomic E-state index is 13.6. The van der Waals surface area contributed by atoms with E-state index < -0.39 is 35.1 Å². The topological polar surface area (TPSA) is 57.5 Å². The molecule has 0 aliphatic heterocycles. The summed E-state index contributed by atoms with van der Waals surface area (Å²) in [7, 11) is 0. The first kappa shape index (κ1) is 14.1. The smallest absolute Gasteiger partial charge is 0.336 e. The highest BCUT2D eigenvalue weighted by atomic mass is 19.1. The summed E-state index contributed by atoms with van der Waals surface area (Å²) in [5.41, 5.74) is -1.26. The molecule has 2 rings (SSSR count). The summed E-state index contributed by atoms with van der Waals surface area (Å²) < 4.78 is 40.0. The second-order valence-electron chi connectivity index (χ2n) is 4.08. The Morgan fingerprint density at radius 2 is 1.60 bits per heavy atom. The van der Waals surface area contributed by atoms with Crippen molar-refractivity contribution in [2.24, 2.45) is 0 Å². The number of carboxylic acids is 1. The Bertz CT molecular complexity index is 647.